The zero-order valence-electron chi connectivity index (χ0n) is 15.8. The Hall–Kier alpha value is -3.48. The molecule has 28 heavy (non-hydrogen) atoms. The number of hydrogen-bond donors (Lipinski definition) is 1. The fourth-order valence-corrected chi connectivity index (χ4v) is 2.90. The van der Waals surface area contributed by atoms with Crippen LogP contribution in [-0.2, 0) is 16.1 Å². The molecule has 0 amide bonds. The summed E-state index contributed by atoms with van der Waals surface area (Å²) in [5, 5.41) is 2.81. The molecule has 0 aliphatic rings. The summed E-state index contributed by atoms with van der Waals surface area (Å²) in [5.41, 5.74) is 1.47. The molecule has 1 heterocycles. The molecule has 0 bridgehead atoms. The highest BCUT2D eigenvalue weighted by atomic mass is 16.5. The molecule has 1 atom stereocenters. The van der Waals surface area contributed by atoms with E-state index in [9.17, 15) is 19.2 Å². The van der Waals surface area contributed by atoms with Crippen molar-refractivity contribution in [3.8, 4) is 0 Å². The average Bonchev–Trinajstić information content (AvgIpc) is 2.67. The first-order chi connectivity index (χ1) is 13.3. The van der Waals surface area contributed by atoms with Crippen LogP contribution >= 0.6 is 0 Å². The Balaban J connectivity index is 1.77. The first-order valence-corrected chi connectivity index (χ1v) is 8.80. The van der Waals surface area contributed by atoms with Gasteiger partial charge >= 0.3 is 5.97 Å². The Morgan fingerprint density at radius 3 is 2.39 bits per heavy atom. The van der Waals surface area contributed by atoms with E-state index in [0.717, 1.165) is 15.8 Å². The number of ether oxygens (including phenoxy) is 1. The third kappa shape index (κ3) is 3.78. The standard InChI is InChI=1S/C21H20N2O5/c1-12-8-9-15(10-13(12)2)19(25)14(3)28-18(24)11-23-21(27)17-7-5-4-6-16(17)20(26)22-23/h4-10,14H,11H2,1-3H3,(H,22,26)/t14-/m1/s1. The van der Waals surface area contributed by atoms with Crippen LogP contribution in [0.25, 0.3) is 10.8 Å². The Labute approximate surface area is 160 Å². The summed E-state index contributed by atoms with van der Waals surface area (Å²) in [7, 11) is 0. The van der Waals surface area contributed by atoms with Gasteiger partial charge in [0.25, 0.3) is 11.1 Å². The van der Waals surface area contributed by atoms with Crippen LogP contribution in [0.4, 0.5) is 0 Å². The van der Waals surface area contributed by atoms with Crippen molar-refractivity contribution in [1.82, 2.24) is 9.78 Å². The lowest BCUT2D eigenvalue weighted by Gasteiger charge is -2.14. The van der Waals surface area contributed by atoms with Gasteiger partial charge in [-0.05, 0) is 50.1 Å². The van der Waals surface area contributed by atoms with E-state index in [0.29, 0.717) is 5.56 Å². The number of nitrogens with one attached hydrogen (secondary N) is 1. The largest absolute Gasteiger partial charge is 0.453 e. The van der Waals surface area contributed by atoms with Crippen molar-refractivity contribution in [3.05, 3.63) is 79.9 Å². The second kappa shape index (κ2) is 7.64. The number of aromatic amines is 1. The van der Waals surface area contributed by atoms with Crippen LogP contribution in [0.15, 0.2) is 52.1 Å². The average molecular weight is 380 g/mol. The number of rotatable bonds is 5. The van der Waals surface area contributed by atoms with Crippen LogP contribution in [0, 0.1) is 13.8 Å². The lowest BCUT2D eigenvalue weighted by Crippen LogP contribution is -2.34. The van der Waals surface area contributed by atoms with Gasteiger partial charge in [-0.25, -0.2) is 4.68 Å². The number of esters is 1. The summed E-state index contributed by atoms with van der Waals surface area (Å²) in [5.74, 6) is -1.13. The highest BCUT2D eigenvalue weighted by Gasteiger charge is 2.21. The number of hydrogen-bond acceptors (Lipinski definition) is 5. The molecule has 2 aromatic carbocycles. The van der Waals surface area contributed by atoms with Gasteiger partial charge in [0.2, 0.25) is 5.78 Å². The lowest BCUT2D eigenvalue weighted by molar-refractivity contribution is -0.147. The minimum atomic E-state index is -1.02. The van der Waals surface area contributed by atoms with Crippen molar-refractivity contribution in [2.75, 3.05) is 0 Å². The van der Waals surface area contributed by atoms with Crippen LogP contribution in [-0.4, -0.2) is 27.6 Å². The van der Waals surface area contributed by atoms with E-state index in [2.05, 4.69) is 5.10 Å². The molecule has 1 N–H and O–H groups in total. The normalized spacial score (nSPS) is 12.0. The number of H-pyrrole nitrogens is 1. The summed E-state index contributed by atoms with van der Waals surface area (Å²) < 4.78 is 6.07. The SMILES string of the molecule is Cc1ccc(C(=O)[C@@H](C)OC(=O)Cn2[nH]c(=O)c3ccccc3c2=O)cc1C. The fourth-order valence-electron chi connectivity index (χ4n) is 2.90. The van der Waals surface area contributed by atoms with Crippen molar-refractivity contribution in [2.45, 2.75) is 33.4 Å². The minimum Gasteiger partial charge on any atom is -0.453 e. The number of aryl methyl sites for hydroxylation is 2. The molecule has 7 nitrogen and oxygen atoms in total. The number of aromatic nitrogens is 2. The number of nitrogens with zero attached hydrogens (tertiary/aromatic N) is 1. The van der Waals surface area contributed by atoms with Crippen molar-refractivity contribution < 1.29 is 14.3 Å². The van der Waals surface area contributed by atoms with Gasteiger partial charge in [-0.2, -0.15) is 0 Å². The molecule has 0 aliphatic heterocycles. The van der Waals surface area contributed by atoms with E-state index in [4.69, 9.17) is 4.74 Å². The highest BCUT2D eigenvalue weighted by molar-refractivity contribution is 6.00. The van der Waals surface area contributed by atoms with Gasteiger partial charge in [-0.15, -0.1) is 0 Å². The molecule has 0 spiro atoms. The van der Waals surface area contributed by atoms with E-state index in [1.807, 2.05) is 19.9 Å². The first kappa shape index (κ1) is 19.3. The maximum absolute atomic E-state index is 12.5. The Kier molecular flexibility index (Phi) is 5.26. The van der Waals surface area contributed by atoms with Gasteiger partial charge in [-0.1, -0.05) is 24.3 Å². The van der Waals surface area contributed by atoms with Gasteiger partial charge in [0.05, 0.1) is 10.8 Å². The molecule has 0 aliphatic carbocycles. The summed E-state index contributed by atoms with van der Waals surface area (Å²) in [6, 6.07) is 11.6. The number of ketones is 1. The van der Waals surface area contributed by atoms with Crippen molar-refractivity contribution in [1.29, 1.82) is 0 Å². The quantitative estimate of drug-likeness (QED) is 0.540. The molecule has 7 heteroatoms. The zero-order chi connectivity index (χ0) is 20.4. The monoisotopic (exact) mass is 380 g/mol. The summed E-state index contributed by atoms with van der Waals surface area (Å²) in [6.07, 6.45) is -1.02. The molecular weight excluding hydrogens is 360 g/mol. The molecule has 0 radical (unpaired) electrons. The Morgan fingerprint density at radius 1 is 1.04 bits per heavy atom. The van der Waals surface area contributed by atoms with Gasteiger partial charge in [-0.3, -0.25) is 24.3 Å². The van der Waals surface area contributed by atoms with E-state index in [-0.39, 0.29) is 16.6 Å². The van der Waals surface area contributed by atoms with Crippen LogP contribution in [0.3, 0.4) is 0 Å². The minimum absolute atomic E-state index is 0.207. The van der Waals surface area contributed by atoms with E-state index in [1.54, 1.807) is 24.3 Å². The maximum Gasteiger partial charge on any atom is 0.328 e. The van der Waals surface area contributed by atoms with Gasteiger partial charge in [0, 0.05) is 5.56 Å². The Bertz CT molecular complexity index is 1190. The van der Waals surface area contributed by atoms with Crippen molar-refractivity contribution in [3.63, 3.8) is 0 Å². The molecule has 3 aromatic rings. The van der Waals surface area contributed by atoms with E-state index in [1.165, 1.54) is 19.1 Å². The third-order valence-corrected chi connectivity index (χ3v) is 4.64. The number of benzene rings is 2. The summed E-state index contributed by atoms with van der Waals surface area (Å²) >= 11 is 0. The first-order valence-electron chi connectivity index (χ1n) is 8.80. The number of carbonyl (C=O) groups excluding carboxylic acids is 2. The van der Waals surface area contributed by atoms with Crippen molar-refractivity contribution >= 4 is 22.5 Å². The van der Waals surface area contributed by atoms with Crippen molar-refractivity contribution in [2.24, 2.45) is 0 Å². The van der Waals surface area contributed by atoms with Gasteiger partial charge < -0.3 is 4.74 Å². The van der Waals surface area contributed by atoms with Crippen LogP contribution in [0.2, 0.25) is 0 Å². The molecule has 0 saturated carbocycles. The summed E-state index contributed by atoms with van der Waals surface area (Å²) in [4.78, 5) is 49.2. The number of carbonyl (C=O) groups is 2. The van der Waals surface area contributed by atoms with Gasteiger partial charge in [0.1, 0.15) is 6.54 Å². The second-order valence-corrected chi connectivity index (χ2v) is 6.67. The molecular formula is C21H20N2O5. The highest BCUT2D eigenvalue weighted by Crippen LogP contribution is 2.13. The van der Waals surface area contributed by atoms with Crippen LogP contribution < -0.4 is 11.1 Å². The zero-order valence-corrected chi connectivity index (χ0v) is 15.8. The molecule has 0 unspecified atom stereocenters. The maximum atomic E-state index is 12.5. The molecule has 1 aromatic heterocycles. The number of fused-ring (bicyclic) bond motifs is 1. The smallest absolute Gasteiger partial charge is 0.328 e. The molecule has 3 rings (SSSR count). The number of Topliss-reactive ketones (excluding diaryl/α,β-unsaturated/α-hetero) is 1. The van der Waals surface area contributed by atoms with Gasteiger partial charge in [0.15, 0.2) is 6.10 Å². The van der Waals surface area contributed by atoms with Crippen LogP contribution in [0.1, 0.15) is 28.4 Å². The summed E-state index contributed by atoms with van der Waals surface area (Å²) in [6.45, 7) is 4.81. The lowest BCUT2D eigenvalue weighted by atomic mass is 10.0. The van der Waals surface area contributed by atoms with E-state index < -0.39 is 29.7 Å². The van der Waals surface area contributed by atoms with Crippen LogP contribution in [0.5, 0.6) is 0 Å². The Morgan fingerprint density at radius 2 is 1.71 bits per heavy atom. The second-order valence-electron chi connectivity index (χ2n) is 6.67. The topological polar surface area (TPSA) is 98.2 Å². The predicted molar refractivity (Wildman–Crippen MR) is 105 cm³/mol. The fraction of sp³-hybridized carbons (Fsp3) is 0.238. The molecule has 0 fully saturated rings. The van der Waals surface area contributed by atoms with E-state index >= 15 is 0 Å². The molecule has 144 valence electrons. The molecule has 0 saturated heterocycles. The third-order valence-electron chi connectivity index (χ3n) is 4.64. The predicted octanol–water partition coefficient (Wildman–Crippen LogP) is 2.12.